The number of ether oxygens (including phenoxy) is 1. The zero-order chi connectivity index (χ0) is 12.1. The standard InChI is InChI=1S/C9H12IN3O3/c1-13-4-3-7(12-13)8(14)11-5-6(10)9(15)16-2/h3-4,6H,5H2,1-2H3,(H,11,14). The van der Waals surface area contributed by atoms with E-state index in [-0.39, 0.29) is 18.4 Å². The van der Waals surface area contributed by atoms with Crippen LogP contribution < -0.4 is 5.32 Å². The Bertz CT molecular complexity index is 391. The van der Waals surface area contributed by atoms with Crippen molar-refractivity contribution in [3.63, 3.8) is 0 Å². The molecule has 1 rings (SSSR count). The molecule has 16 heavy (non-hydrogen) atoms. The molecule has 1 aromatic rings. The summed E-state index contributed by atoms with van der Waals surface area (Å²) in [5, 5.41) is 6.54. The molecule has 88 valence electrons. The number of amides is 1. The van der Waals surface area contributed by atoms with Crippen molar-refractivity contribution in [2.45, 2.75) is 3.92 Å². The van der Waals surface area contributed by atoms with Gasteiger partial charge >= 0.3 is 5.97 Å². The first kappa shape index (κ1) is 12.9. The second kappa shape index (κ2) is 5.83. The topological polar surface area (TPSA) is 73.2 Å². The van der Waals surface area contributed by atoms with E-state index in [1.807, 2.05) is 22.6 Å². The van der Waals surface area contributed by atoms with Crippen molar-refractivity contribution in [2.75, 3.05) is 13.7 Å². The third-order valence-corrected chi connectivity index (χ3v) is 2.79. The van der Waals surface area contributed by atoms with Crippen molar-refractivity contribution in [3.05, 3.63) is 18.0 Å². The lowest BCUT2D eigenvalue weighted by Gasteiger charge is -2.07. The van der Waals surface area contributed by atoms with Gasteiger partial charge in [0.25, 0.3) is 5.91 Å². The van der Waals surface area contributed by atoms with Gasteiger partial charge in [0.2, 0.25) is 0 Å². The molecule has 1 N–H and O–H groups in total. The number of aromatic nitrogens is 2. The van der Waals surface area contributed by atoms with E-state index in [1.165, 1.54) is 11.8 Å². The maximum absolute atomic E-state index is 11.5. The van der Waals surface area contributed by atoms with Crippen LogP contribution in [0.4, 0.5) is 0 Å². The molecule has 0 aliphatic carbocycles. The highest BCUT2D eigenvalue weighted by molar-refractivity contribution is 14.1. The van der Waals surface area contributed by atoms with E-state index in [9.17, 15) is 9.59 Å². The summed E-state index contributed by atoms with van der Waals surface area (Å²) in [6, 6.07) is 1.61. The van der Waals surface area contributed by atoms with Gasteiger partial charge in [-0.15, -0.1) is 0 Å². The van der Waals surface area contributed by atoms with Crippen LogP contribution in [-0.2, 0) is 16.6 Å². The smallest absolute Gasteiger partial charge is 0.320 e. The Labute approximate surface area is 106 Å². The highest BCUT2D eigenvalue weighted by Gasteiger charge is 2.17. The predicted molar refractivity (Wildman–Crippen MR) is 65.4 cm³/mol. The highest BCUT2D eigenvalue weighted by Crippen LogP contribution is 2.01. The van der Waals surface area contributed by atoms with Gasteiger partial charge in [0.1, 0.15) is 9.62 Å². The maximum Gasteiger partial charge on any atom is 0.320 e. The maximum atomic E-state index is 11.5. The van der Waals surface area contributed by atoms with Gasteiger partial charge in [-0.1, -0.05) is 22.6 Å². The molecule has 0 aromatic carbocycles. The Hall–Kier alpha value is -1.12. The lowest BCUT2D eigenvalue weighted by molar-refractivity contribution is -0.139. The van der Waals surface area contributed by atoms with Gasteiger partial charge in [0.15, 0.2) is 0 Å². The molecular formula is C9H12IN3O3. The molecule has 1 amide bonds. The van der Waals surface area contributed by atoms with Gasteiger partial charge in [-0.05, 0) is 6.07 Å². The van der Waals surface area contributed by atoms with Crippen LogP contribution in [0.3, 0.4) is 0 Å². The van der Waals surface area contributed by atoms with Gasteiger partial charge in [0.05, 0.1) is 7.11 Å². The molecule has 1 heterocycles. The summed E-state index contributed by atoms with van der Waals surface area (Å²) in [7, 11) is 3.04. The van der Waals surface area contributed by atoms with Crippen LogP contribution in [-0.4, -0.2) is 39.2 Å². The number of nitrogens with zero attached hydrogens (tertiary/aromatic N) is 2. The molecule has 0 radical (unpaired) electrons. The number of methoxy groups -OCH3 is 1. The molecule has 0 aliphatic heterocycles. The summed E-state index contributed by atoms with van der Waals surface area (Å²) in [6.45, 7) is 0.225. The van der Waals surface area contributed by atoms with Crippen molar-refractivity contribution in [3.8, 4) is 0 Å². The molecular weight excluding hydrogens is 325 g/mol. The van der Waals surface area contributed by atoms with E-state index >= 15 is 0 Å². The SMILES string of the molecule is COC(=O)C(I)CNC(=O)c1ccn(C)n1. The average Bonchev–Trinajstić information content (AvgIpc) is 2.71. The van der Waals surface area contributed by atoms with Gasteiger partial charge in [-0.25, -0.2) is 0 Å². The molecule has 0 fully saturated rings. The zero-order valence-corrected chi connectivity index (χ0v) is 11.1. The number of carbonyl (C=O) groups excluding carboxylic acids is 2. The molecule has 7 heteroatoms. The summed E-state index contributed by atoms with van der Waals surface area (Å²) >= 11 is 1.91. The Morgan fingerprint density at radius 1 is 1.69 bits per heavy atom. The Balaban J connectivity index is 2.44. The van der Waals surface area contributed by atoms with Crippen molar-refractivity contribution in [2.24, 2.45) is 7.05 Å². The first-order valence-electron chi connectivity index (χ1n) is 4.54. The van der Waals surface area contributed by atoms with Crippen LogP contribution in [0.1, 0.15) is 10.5 Å². The van der Waals surface area contributed by atoms with E-state index in [4.69, 9.17) is 0 Å². The van der Waals surface area contributed by atoms with E-state index in [0.29, 0.717) is 5.69 Å². The van der Waals surface area contributed by atoms with Gasteiger partial charge in [-0.2, -0.15) is 5.10 Å². The fraction of sp³-hybridized carbons (Fsp3) is 0.444. The molecule has 0 spiro atoms. The molecule has 1 atom stereocenters. The number of aryl methyl sites for hydroxylation is 1. The van der Waals surface area contributed by atoms with E-state index in [1.54, 1.807) is 19.3 Å². The molecule has 1 aromatic heterocycles. The second-order valence-corrected chi connectivity index (χ2v) is 4.58. The highest BCUT2D eigenvalue weighted by atomic mass is 127. The van der Waals surface area contributed by atoms with Crippen LogP contribution in [0.15, 0.2) is 12.3 Å². The van der Waals surface area contributed by atoms with Crippen molar-refractivity contribution in [1.82, 2.24) is 15.1 Å². The monoisotopic (exact) mass is 337 g/mol. The van der Waals surface area contributed by atoms with E-state index < -0.39 is 3.92 Å². The van der Waals surface area contributed by atoms with Crippen LogP contribution in [0, 0.1) is 0 Å². The number of esters is 1. The third kappa shape index (κ3) is 3.47. The number of carbonyl (C=O) groups is 2. The van der Waals surface area contributed by atoms with Crippen molar-refractivity contribution < 1.29 is 14.3 Å². The van der Waals surface area contributed by atoms with Crippen LogP contribution in [0.5, 0.6) is 0 Å². The first-order chi connectivity index (χ1) is 7.54. The minimum Gasteiger partial charge on any atom is -0.468 e. The lowest BCUT2D eigenvalue weighted by Crippen LogP contribution is -2.34. The Morgan fingerprint density at radius 3 is 2.88 bits per heavy atom. The quantitative estimate of drug-likeness (QED) is 0.481. The summed E-state index contributed by atoms with van der Waals surface area (Å²) < 4.78 is 5.68. The van der Waals surface area contributed by atoms with Crippen molar-refractivity contribution in [1.29, 1.82) is 0 Å². The molecule has 0 bridgehead atoms. The average molecular weight is 337 g/mol. The van der Waals surface area contributed by atoms with E-state index in [2.05, 4.69) is 15.2 Å². The lowest BCUT2D eigenvalue weighted by atomic mass is 10.4. The third-order valence-electron chi connectivity index (χ3n) is 1.85. The minimum absolute atomic E-state index is 0.225. The fourth-order valence-electron chi connectivity index (χ4n) is 1.02. The normalized spacial score (nSPS) is 11.9. The molecule has 6 nitrogen and oxygen atoms in total. The summed E-state index contributed by atoms with van der Waals surface area (Å²) in [5.41, 5.74) is 0.330. The number of hydrogen-bond acceptors (Lipinski definition) is 4. The van der Waals surface area contributed by atoms with Gasteiger partial charge < -0.3 is 10.1 Å². The number of nitrogens with one attached hydrogen (secondary N) is 1. The Morgan fingerprint density at radius 2 is 2.38 bits per heavy atom. The molecule has 0 saturated carbocycles. The first-order valence-corrected chi connectivity index (χ1v) is 5.79. The summed E-state index contributed by atoms with van der Waals surface area (Å²) in [6.07, 6.45) is 1.68. The second-order valence-electron chi connectivity index (χ2n) is 3.08. The Kier molecular flexibility index (Phi) is 4.71. The summed E-state index contributed by atoms with van der Waals surface area (Å²) in [5.74, 6) is -0.659. The number of halogens is 1. The fourth-order valence-corrected chi connectivity index (χ4v) is 1.49. The van der Waals surface area contributed by atoms with Crippen LogP contribution in [0.25, 0.3) is 0 Å². The van der Waals surface area contributed by atoms with Gasteiger partial charge in [-0.3, -0.25) is 14.3 Å². The minimum atomic E-state index is -0.393. The largest absolute Gasteiger partial charge is 0.468 e. The van der Waals surface area contributed by atoms with Crippen LogP contribution in [0.2, 0.25) is 0 Å². The summed E-state index contributed by atoms with van der Waals surface area (Å²) in [4.78, 5) is 22.6. The number of hydrogen-bond donors (Lipinski definition) is 1. The van der Waals surface area contributed by atoms with Crippen molar-refractivity contribution >= 4 is 34.5 Å². The van der Waals surface area contributed by atoms with E-state index in [0.717, 1.165) is 0 Å². The molecule has 0 aliphatic rings. The van der Waals surface area contributed by atoms with Crippen LogP contribution >= 0.6 is 22.6 Å². The molecule has 0 saturated heterocycles. The predicted octanol–water partition coefficient (Wildman–Crippen LogP) is 0.126. The zero-order valence-electron chi connectivity index (χ0n) is 8.94. The molecule has 1 unspecified atom stereocenters. The van der Waals surface area contributed by atoms with Gasteiger partial charge in [0, 0.05) is 19.8 Å². The number of rotatable bonds is 4. The number of alkyl halides is 1.